The molecular weight excluding hydrogens is 352 g/mol. The molecule has 0 saturated carbocycles. The van der Waals surface area contributed by atoms with Crippen molar-refractivity contribution in [2.45, 2.75) is 26.2 Å². The highest BCUT2D eigenvalue weighted by molar-refractivity contribution is 5.94. The van der Waals surface area contributed by atoms with E-state index < -0.39 is 0 Å². The third kappa shape index (κ3) is 5.14. The Labute approximate surface area is 165 Å². The molecule has 5 nitrogen and oxygen atoms in total. The third-order valence-corrected chi connectivity index (χ3v) is 4.50. The second-order valence-corrected chi connectivity index (χ2v) is 6.49. The minimum Gasteiger partial charge on any atom is -0.494 e. The van der Waals surface area contributed by atoms with E-state index in [-0.39, 0.29) is 18.4 Å². The van der Waals surface area contributed by atoms with Gasteiger partial charge in [-0.05, 0) is 68.3 Å². The fraction of sp³-hybridized carbons (Fsp3) is 0.304. The first-order valence-corrected chi connectivity index (χ1v) is 9.57. The van der Waals surface area contributed by atoms with Crippen molar-refractivity contribution in [1.82, 2.24) is 5.32 Å². The maximum Gasteiger partial charge on any atom is 0.252 e. The van der Waals surface area contributed by atoms with Crippen LogP contribution in [0.4, 0.5) is 5.69 Å². The topological polar surface area (TPSA) is 58.6 Å². The van der Waals surface area contributed by atoms with E-state index in [1.165, 1.54) is 0 Å². The molecule has 2 aromatic carbocycles. The van der Waals surface area contributed by atoms with E-state index in [1.54, 1.807) is 24.3 Å². The highest BCUT2D eigenvalue weighted by atomic mass is 16.5. The first kappa shape index (κ1) is 19.5. The smallest absolute Gasteiger partial charge is 0.252 e. The van der Waals surface area contributed by atoms with Gasteiger partial charge in [-0.15, -0.1) is 0 Å². The summed E-state index contributed by atoms with van der Waals surface area (Å²) in [5, 5.41) is 2.78. The molecule has 5 heteroatoms. The molecule has 0 spiro atoms. The quantitative estimate of drug-likeness (QED) is 0.814. The Balaban J connectivity index is 1.51. The Bertz CT molecular complexity index is 877. The van der Waals surface area contributed by atoms with Gasteiger partial charge in [-0.1, -0.05) is 11.8 Å². The van der Waals surface area contributed by atoms with Gasteiger partial charge < -0.3 is 15.0 Å². The highest BCUT2D eigenvalue weighted by Gasteiger charge is 2.19. The molecule has 2 amide bonds. The van der Waals surface area contributed by atoms with Gasteiger partial charge in [0.15, 0.2) is 0 Å². The van der Waals surface area contributed by atoms with Crippen molar-refractivity contribution in [3.63, 3.8) is 0 Å². The molecule has 0 atom stereocenters. The van der Waals surface area contributed by atoms with E-state index in [0.29, 0.717) is 18.6 Å². The van der Waals surface area contributed by atoms with Crippen LogP contribution in [0.3, 0.4) is 0 Å². The van der Waals surface area contributed by atoms with Crippen LogP contribution < -0.4 is 15.0 Å². The summed E-state index contributed by atoms with van der Waals surface area (Å²) in [4.78, 5) is 25.9. The molecule has 28 heavy (non-hydrogen) atoms. The minimum atomic E-state index is -0.170. The molecule has 144 valence electrons. The van der Waals surface area contributed by atoms with E-state index in [2.05, 4.69) is 17.2 Å². The van der Waals surface area contributed by atoms with Crippen LogP contribution in [0.15, 0.2) is 48.5 Å². The largest absolute Gasteiger partial charge is 0.494 e. The molecule has 0 bridgehead atoms. The Kier molecular flexibility index (Phi) is 6.69. The lowest BCUT2D eigenvalue weighted by atomic mass is 10.1. The van der Waals surface area contributed by atoms with Crippen LogP contribution in [0.5, 0.6) is 5.75 Å². The monoisotopic (exact) mass is 376 g/mol. The third-order valence-electron chi connectivity index (χ3n) is 4.50. The molecular formula is C23H24N2O3. The molecule has 0 aliphatic carbocycles. The van der Waals surface area contributed by atoms with Crippen molar-refractivity contribution in [3.05, 3.63) is 59.7 Å². The number of benzene rings is 2. The average molecular weight is 376 g/mol. The zero-order valence-corrected chi connectivity index (χ0v) is 16.0. The molecule has 1 heterocycles. The van der Waals surface area contributed by atoms with Gasteiger partial charge in [0.25, 0.3) is 5.91 Å². The summed E-state index contributed by atoms with van der Waals surface area (Å²) in [5.41, 5.74) is 2.34. The van der Waals surface area contributed by atoms with Crippen molar-refractivity contribution >= 4 is 17.5 Å². The first-order valence-electron chi connectivity index (χ1n) is 9.57. The zero-order chi connectivity index (χ0) is 19.8. The number of anilines is 1. The molecule has 1 N–H and O–H groups in total. The van der Waals surface area contributed by atoms with Crippen LogP contribution in [0.25, 0.3) is 0 Å². The standard InChI is InChI=1S/C23H24N2O3/c1-2-28-21-14-10-19(11-15-21)23(27)24-16-5-6-18-8-12-20(13-9-18)25-17-4-3-7-22(25)26/h8-15H,2-4,7,16-17H2,1H3,(H,24,27). The molecule has 0 unspecified atom stereocenters. The Morgan fingerprint density at radius 3 is 2.54 bits per heavy atom. The van der Waals surface area contributed by atoms with Gasteiger partial charge in [0, 0.05) is 29.8 Å². The number of nitrogens with one attached hydrogen (secondary N) is 1. The number of hydrogen-bond acceptors (Lipinski definition) is 3. The molecule has 0 aromatic heterocycles. The Hall–Kier alpha value is -3.26. The fourth-order valence-corrected chi connectivity index (χ4v) is 3.05. The van der Waals surface area contributed by atoms with E-state index in [9.17, 15) is 9.59 Å². The van der Waals surface area contributed by atoms with E-state index in [0.717, 1.165) is 36.4 Å². The summed E-state index contributed by atoms with van der Waals surface area (Å²) < 4.78 is 5.37. The van der Waals surface area contributed by atoms with Crippen LogP contribution in [0, 0.1) is 11.8 Å². The summed E-state index contributed by atoms with van der Waals surface area (Å²) in [6.07, 6.45) is 2.64. The SMILES string of the molecule is CCOc1ccc(C(=O)NCC#Cc2ccc(N3CCCCC3=O)cc2)cc1. The zero-order valence-electron chi connectivity index (χ0n) is 16.0. The summed E-state index contributed by atoms with van der Waals surface area (Å²) in [6.45, 7) is 3.55. The van der Waals surface area contributed by atoms with E-state index in [1.807, 2.05) is 36.1 Å². The van der Waals surface area contributed by atoms with Crippen molar-refractivity contribution in [2.75, 3.05) is 24.6 Å². The van der Waals surface area contributed by atoms with Gasteiger partial charge in [0.2, 0.25) is 5.91 Å². The van der Waals surface area contributed by atoms with Crippen LogP contribution >= 0.6 is 0 Å². The summed E-state index contributed by atoms with van der Waals surface area (Å²) in [6, 6.07) is 14.7. The molecule has 0 radical (unpaired) electrons. The second kappa shape index (κ2) is 9.61. The summed E-state index contributed by atoms with van der Waals surface area (Å²) in [5.74, 6) is 6.74. The first-order chi connectivity index (χ1) is 13.7. The average Bonchev–Trinajstić information content (AvgIpc) is 2.73. The number of rotatable bonds is 5. The Morgan fingerprint density at radius 2 is 1.86 bits per heavy atom. The molecule has 2 aromatic rings. The lowest BCUT2D eigenvalue weighted by molar-refractivity contribution is -0.119. The predicted octanol–water partition coefficient (Wildman–Crippen LogP) is 3.38. The number of carbonyl (C=O) groups excluding carboxylic acids is 2. The highest BCUT2D eigenvalue weighted by Crippen LogP contribution is 2.21. The van der Waals surface area contributed by atoms with Gasteiger partial charge >= 0.3 is 0 Å². The molecule has 3 rings (SSSR count). The van der Waals surface area contributed by atoms with Crippen LogP contribution in [0.1, 0.15) is 42.1 Å². The normalized spacial score (nSPS) is 13.5. The molecule has 1 aliphatic heterocycles. The van der Waals surface area contributed by atoms with E-state index >= 15 is 0 Å². The van der Waals surface area contributed by atoms with Crippen LogP contribution in [0.2, 0.25) is 0 Å². The number of hydrogen-bond donors (Lipinski definition) is 1. The van der Waals surface area contributed by atoms with Crippen LogP contribution in [-0.2, 0) is 4.79 Å². The van der Waals surface area contributed by atoms with Crippen LogP contribution in [-0.4, -0.2) is 31.5 Å². The molecule has 1 saturated heterocycles. The number of ether oxygens (including phenoxy) is 1. The van der Waals surface area contributed by atoms with E-state index in [4.69, 9.17) is 4.74 Å². The number of piperidine rings is 1. The number of carbonyl (C=O) groups is 2. The maximum absolute atomic E-state index is 12.1. The number of amides is 2. The minimum absolute atomic E-state index is 0.170. The predicted molar refractivity (Wildman–Crippen MR) is 109 cm³/mol. The van der Waals surface area contributed by atoms with Crippen molar-refractivity contribution < 1.29 is 14.3 Å². The van der Waals surface area contributed by atoms with Gasteiger partial charge in [0.05, 0.1) is 13.2 Å². The van der Waals surface area contributed by atoms with Crippen molar-refractivity contribution in [1.29, 1.82) is 0 Å². The molecule has 1 aliphatic rings. The van der Waals surface area contributed by atoms with Gasteiger partial charge in [-0.25, -0.2) is 0 Å². The van der Waals surface area contributed by atoms with Gasteiger partial charge in [-0.2, -0.15) is 0 Å². The Morgan fingerprint density at radius 1 is 1.11 bits per heavy atom. The van der Waals surface area contributed by atoms with Crippen molar-refractivity contribution in [2.24, 2.45) is 0 Å². The fourth-order valence-electron chi connectivity index (χ4n) is 3.05. The maximum atomic E-state index is 12.1. The lowest BCUT2D eigenvalue weighted by Crippen LogP contribution is -2.35. The van der Waals surface area contributed by atoms with Gasteiger partial charge in [-0.3, -0.25) is 9.59 Å². The summed E-state index contributed by atoms with van der Waals surface area (Å²) in [7, 11) is 0. The number of nitrogens with zero attached hydrogens (tertiary/aromatic N) is 1. The lowest BCUT2D eigenvalue weighted by Gasteiger charge is -2.26. The molecule has 1 fully saturated rings. The van der Waals surface area contributed by atoms with Crippen molar-refractivity contribution in [3.8, 4) is 17.6 Å². The second-order valence-electron chi connectivity index (χ2n) is 6.49. The summed E-state index contributed by atoms with van der Waals surface area (Å²) >= 11 is 0. The van der Waals surface area contributed by atoms with Gasteiger partial charge in [0.1, 0.15) is 5.75 Å².